The molecule has 0 aliphatic rings. The van der Waals surface area contributed by atoms with Gasteiger partial charge >= 0.3 is 5.97 Å². The Labute approximate surface area is 97.9 Å². The van der Waals surface area contributed by atoms with Crippen LogP contribution in [0.2, 0.25) is 0 Å². The summed E-state index contributed by atoms with van der Waals surface area (Å²) in [4.78, 5) is 11.4. The van der Waals surface area contributed by atoms with Gasteiger partial charge in [-0.05, 0) is 12.8 Å². The van der Waals surface area contributed by atoms with Gasteiger partial charge in [0, 0.05) is 6.61 Å². The third kappa shape index (κ3) is 7.65. The van der Waals surface area contributed by atoms with Crippen molar-refractivity contribution < 1.29 is 19.4 Å². The first kappa shape index (κ1) is 15.4. The largest absolute Gasteiger partial charge is 0.463 e. The van der Waals surface area contributed by atoms with Crippen LogP contribution in [0.4, 0.5) is 0 Å². The van der Waals surface area contributed by atoms with E-state index in [9.17, 15) is 9.90 Å². The molecule has 96 valence electrons. The average Bonchev–Trinajstić information content (AvgIpc) is 2.26. The fourth-order valence-electron chi connectivity index (χ4n) is 1.28. The van der Waals surface area contributed by atoms with E-state index in [4.69, 9.17) is 9.47 Å². The number of carbonyl (C=O) groups excluding carboxylic acids is 1. The number of aliphatic hydroxyl groups is 1. The van der Waals surface area contributed by atoms with Crippen LogP contribution in [-0.2, 0) is 14.3 Å². The monoisotopic (exact) mass is 232 g/mol. The number of rotatable bonds is 9. The minimum absolute atomic E-state index is 0.0244. The van der Waals surface area contributed by atoms with Crippen LogP contribution >= 0.6 is 0 Å². The maximum atomic E-state index is 11.4. The molecule has 2 unspecified atom stereocenters. The molecule has 0 saturated heterocycles. The van der Waals surface area contributed by atoms with E-state index in [0.717, 1.165) is 19.3 Å². The molecule has 4 nitrogen and oxygen atoms in total. The Morgan fingerprint density at radius 2 is 1.94 bits per heavy atom. The molecule has 4 heteroatoms. The summed E-state index contributed by atoms with van der Waals surface area (Å²) < 4.78 is 10.1. The summed E-state index contributed by atoms with van der Waals surface area (Å²) >= 11 is 0. The van der Waals surface area contributed by atoms with E-state index >= 15 is 0 Å². The van der Waals surface area contributed by atoms with Crippen molar-refractivity contribution >= 4 is 5.97 Å². The van der Waals surface area contributed by atoms with Crippen LogP contribution < -0.4 is 0 Å². The van der Waals surface area contributed by atoms with Crippen molar-refractivity contribution in [2.75, 3.05) is 19.8 Å². The number of aliphatic hydroxyl groups excluding tert-OH is 1. The second-order valence-corrected chi connectivity index (χ2v) is 4.05. The Kier molecular flexibility index (Phi) is 9.24. The van der Waals surface area contributed by atoms with E-state index in [1.54, 1.807) is 0 Å². The van der Waals surface area contributed by atoms with Gasteiger partial charge < -0.3 is 14.6 Å². The predicted octanol–water partition coefficient (Wildman–Crippen LogP) is 1.75. The summed E-state index contributed by atoms with van der Waals surface area (Å²) in [7, 11) is 0. The highest BCUT2D eigenvalue weighted by molar-refractivity contribution is 5.71. The second kappa shape index (κ2) is 9.60. The van der Waals surface area contributed by atoms with Crippen molar-refractivity contribution in [3.8, 4) is 0 Å². The van der Waals surface area contributed by atoms with Crippen molar-refractivity contribution in [2.45, 2.75) is 46.1 Å². The van der Waals surface area contributed by atoms with Gasteiger partial charge in [0.2, 0.25) is 0 Å². The zero-order chi connectivity index (χ0) is 12.4. The number of hydrogen-bond donors (Lipinski definition) is 1. The molecule has 0 heterocycles. The van der Waals surface area contributed by atoms with Gasteiger partial charge in [0.05, 0.1) is 12.5 Å². The van der Waals surface area contributed by atoms with Crippen LogP contribution in [-0.4, -0.2) is 37.0 Å². The first-order valence-electron chi connectivity index (χ1n) is 6.04. The molecule has 0 aliphatic carbocycles. The molecule has 0 radical (unpaired) electrons. The molecule has 16 heavy (non-hydrogen) atoms. The summed E-state index contributed by atoms with van der Waals surface area (Å²) in [5.41, 5.74) is 0. The lowest BCUT2D eigenvalue weighted by atomic mass is 10.1. The van der Waals surface area contributed by atoms with Crippen LogP contribution in [0.15, 0.2) is 0 Å². The summed E-state index contributed by atoms with van der Waals surface area (Å²) in [6, 6.07) is 0. The Morgan fingerprint density at radius 3 is 2.50 bits per heavy atom. The van der Waals surface area contributed by atoms with Gasteiger partial charge in [-0.2, -0.15) is 0 Å². The predicted molar refractivity (Wildman–Crippen MR) is 62.1 cm³/mol. The number of carbonyl (C=O) groups is 1. The molecular formula is C12H24O4. The summed E-state index contributed by atoms with van der Waals surface area (Å²) in [5.74, 6) is -0.329. The molecule has 1 N–H and O–H groups in total. The van der Waals surface area contributed by atoms with Crippen molar-refractivity contribution in [3.05, 3.63) is 0 Å². The van der Waals surface area contributed by atoms with Crippen molar-refractivity contribution in [2.24, 2.45) is 5.92 Å². The molecule has 2 atom stereocenters. The van der Waals surface area contributed by atoms with Crippen LogP contribution in [0, 0.1) is 5.92 Å². The molecule has 0 aromatic rings. The van der Waals surface area contributed by atoms with E-state index < -0.39 is 6.10 Å². The van der Waals surface area contributed by atoms with Gasteiger partial charge in [-0.3, -0.25) is 4.79 Å². The van der Waals surface area contributed by atoms with Gasteiger partial charge in [0.1, 0.15) is 12.7 Å². The minimum Gasteiger partial charge on any atom is -0.463 e. The lowest BCUT2D eigenvalue weighted by molar-refractivity contribution is -0.152. The van der Waals surface area contributed by atoms with Crippen molar-refractivity contribution in [3.63, 3.8) is 0 Å². The summed E-state index contributed by atoms with van der Waals surface area (Å²) in [5, 5.41) is 9.43. The zero-order valence-electron chi connectivity index (χ0n) is 10.6. The normalized spacial score (nSPS) is 14.5. The number of hydrogen-bond acceptors (Lipinski definition) is 4. The third-order valence-corrected chi connectivity index (χ3v) is 2.20. The highest BCUT2D eigenvalue weighted by Gasteiger charge is 2.15. The van der Waals surface area contributed by atoms with Gasteiger partial charge in [0.15, 0.2) is 0 Å². The molecule has 0 saturated carbocycles. The summed E-state index contributed by atoms with van der Waals surface area (Å²) in [6.45, 7) is 6.74. The van der Waals surface area contributed by atoms with Crippen LogP contribution in [0.1, 0.15) is 40.0 Å². The Morgan fingerprint density at radius 1 is 1.25 bits per heavy atom. The molecule has 0 aromatic carbocycles. The molecule has 0 aliphatic heterocycles. The average molecular weight is 232 g/mol. The molecule has 0 amide bonds. The zero-order valence-corrected chi connectivity index (χ0v) is 10.6. The lowest BCUT2D eigenvalue weighted by Gasteiger charge is -2.14. The van der Waals surface area contributed by atoms with Gasteiger partial charge in [0.25, 0.3) is 0 Å². The number of ether oxygens (including phenoxy) is 2. The Balaban J connectivity index is 3.58. The van der Waals surface area contributed by atoms with Crippen LogP contribution in [0.3, 0.4) is 0 Å². The minimum atomic E-state index is -0.718. The van der Waals surface area contributed by atoms with Crippen LogP contribution in [0.5, 0.6) is 0 Å². The van der Waals surface area contributed by atoms with E-state index in [2.05, 4.69) is 0 Å². The molecular weight excluding hydrogens is 208 g/mol. The van der Waals surface area contributed by atoms with E-state index in [1.165, 1.54) is 0 Å². The standard InChI is InChI=1S/C12H24O4/c1-4-6-10(3)12(14)16-9-11(13)8-15-7-5-2/h10-11,13H,4-9H2,1-3H3. The molecule has 0 fully saturated rings. The first-order chi connectivity index (χ1) is 7.61. The quantitative estimate of drug-likeness (QED) is 0.486. The van der Waals surface area contributed by atoms with Gasteiger partial charge in [-0.15, -0.1) is 0 Å². The van der Waals surface area contributed by atoms with Crippen molar-refractivity contribution in [1.29, 1.82) is 0 Å². The Hall–Kier alpha value is -0.610. The smallest absolute Gasteiger partial charge is 0.308 e. The molecule has 0 spiro atoms. The van der Waals surface area contributed by atoms with E-state index in [0.29, 0.717) is 6.61 Å². The second-order valence-electron chi connectivity index (χ2n) is 4.05. The van der Waals surface area contributed by atoms with E-state index in [1.807, 2.05) is 20.8 Å². The maximum absolute atomic E-state index is 11.4. The third-order valence-electron chi connectivity index (χ3n) is 2.20. The molecule has 0 rings (SSSR count). The van der Waals surface area contributed by atoms with E-state index in [-0.39, 0.29) is 25.1 Å². The van der Waals surface area contributed by atoms with Gasteiger partial charge in [-0.1, -0.05) is 27.2 Å². The van der Waals surface area contributed by atoms with Crippen molar-refractivity contribution in [1.82, 2.24) is 0 Å². The molecule has 0 aromatic heterocycles. The van der Waals surface area contributed by atoms with Crippen LogP contribution in [0.25, 0.3) is 0 Å². The topological polar surface area (TPSA) is 55.8 Å². The highest BCUT2D eigenvalue weighted by Crippen LogP contribution is 2.07. The fraction of sp³-hybridized carbons (Fsp3) is 0.917. The highest BCUT2D eigenvalue weighted by atomic mass is 16.5. The first-order valence-corrected chi connectivity index (χ1v) is 6.04. The molecule has 0 bridgehead atoms. The summed E-state index contributed by atoms with van der Waals surface area (Å²) in [6.07, 6.45) is 1.98. The van der Waals surface area contributed by atoms with Gasteiger partial charge in [-0.25, -0.2) is 0 Å². The maximum Gasteiger partial charge on any atom is 0.308 e. The Bertz CT molecular complexity index is 182. The SMILES string of the molecule is CCCOCC(O)COC(=O)C(C)CCC. The lowest BCUT2D eigenvalue weighted by Crippen LogP contribution is -2.26. The number of esters is 1. The fourth-order valence-corrected chi connectivity index (χ4v) is 1.28.